The summed E-state index contributed by atoms with van der Waals surface area (Å²) in [5.74, 6) is -0.120. The summed E-state index contributed by atoms with van der Waals surface area (Å²) in [7, 11) is 0. The molecule has 1 aliphatic heterocycles. The summed E-state index contributed by atoms with van der Waals surface area (Å²) in [6, 6.07) is 8.10. The number of esters is 1. The van der Waals surface area contributed by atoms with Crippen molar-refractivity contribution in [1.82, 2.24) is 0 Å². The van der Waals surface area contributed by atoms with Crippen molar-refractivity contribution in [2.24, 2.45) is 5.92 Å². The van der Waals surface area contributed by atoms with Gasteiger partial charge >= 0.3 is 5.97 Å². The first-order chi connectivity index (χ1) is 7.81. The zero-order valence-corrected chi connectivity index (χ0v) is 9.53. The van der Waals surface area contributed by atoms with Crippen molar-refractivity contribution >= 4 is 11.7 Å². The molecule has 0 saturated carbocycles. The van der Waals surface area contributed by atoms with Gasteiger partial charge in [0.15, 0.2) is 0 Å². The SMILES string of the molecule is CCCOC(=O)C1CNc2ccccc2C1. The Balaban J connectivity index is 1.99. The van der Waals surface area contributed by atoms with Crippen LogP contribution in [0.4, 0.5) is 5.69 Å². The molecule has 0 amide bonds. The second kappa shape index (κ2) is 5.01. The van der Waals surface area contributed by atoms with Crippen LogP contribution in [-0.2, 0) is 16.0 Å². The van der Waals surface area contributed by atoms with Gasteiger partial charge in [0.1, 0.15) is 0 Å². The van der Waals surface area contributed by atoms with E-state index in [0.717, 1.165) is 18.5 Å². The summed E-state index contributed by atoms with van der Waals surface area (Å²) in [4.78, 5) is 11.7. The Morgan fingerprint density at radius 3 is 3.12 bits per heavy atom. The maximum absolute atomic E-state index is 11.7. The van der Waals surface area contributed by atoms with Crippen LogP contribution in [0.25, 0.3) is 0 Å². The summed E-state index contributed by atoms with van der Waals surface area (Å²) in [6.07, 6.45) is 1.66. The van der Waals surface area contributed by atoms with Gasteiger partial charge in [0.05, 0.1) is 12.5 Å². The number of carbonyl (C=O) groups excluding carboxylic acids is 1. The third-order valence-corrected chi connectivity index (χ3v) is 2.80. The Labute approximate surface area is 95.8 Å². The molecule has 0 saturated heterocycles. The van der Waals surface area contributed by atoms with E-state index < -0.39 is 0 Å². The predicted octanol–water partition coefficient (Wildman–Crippen LogP) is 2.22. The highest BCUT2D eigenvalue weighted by atomic mass is 16.5. The fourth-order valence-corrected chi connectivity index (χ4v) is 1.93. The molecule has 16 heavy (non-hydrogen) atoms. The van der Waals surface area contributed by atoms with E-state index in [4.69, 9.17) is 4.74 Å². The molecule has 3 nitrogen and oxygen atoms in total. The number of anilines is 1. The smallest absolute Gasteiger partial charge is 0.311 e. The van der Waals surface area contributed by atoms with Crippen LogP contribution >= 0.6 is 0 Å². The first-order valence-electron chi connectivity index (χ1n) is 5.79. The van der Waals surface area contributed by atoms with Crippen LogP contribution in [0.2, 0.25) is 0 Å². The van der Waals surface area contributed by atoms with Crippen molar-refractivity contribution in [2.45, 2.75) is 19.8 Å². The van der Waals surface area contributed by atoms with E-state index in [1.54, 1.807) is 0 Å². The van der Waals surface area contributed by atoms with Crippen LogP contribution in [0.3, 0.4) is 0 Å². The van der Waals surface area contributed by atoms with Crippen LogP contribution in [0.5, 0.6) is 0 Å². The minimum atomic E-state index is -0.0798. The minimum Gasteiger partial charge on any atom is -0.465 e. The molecule has 2 rings (SSSR count). The number of fused-ring (bicyclic) bond motifs is 1. The molecule has 3 heteroatoms. The Hall–Kier alpha value is -1.51. The lowest BCUT2D eigenvalue weighted by molar-refractivity contribution is -0.148. The van der Waals surface area contributed by atoms with Gasteiger partial charge in [0, 0.05) is 12.2 Å². The van der Waals surface area contributed by atoms with Crippen LogP contribution in [0, 0.1) is 5.92 Å². The van der Waals surface area contributed by atoms with Crippen molar-refractivity contribution < 1.29 is 9.53 Å². The second-order valence-corrected chi connectivity index (χ2v) is 4.11. The lowest BCUT2D eigenvalue weighted by Crippen LogP contribution is -2.31. The lowest BCUT2D eigenvalue weighted by atomic mass is 9.94. The molecule has 0 radical (unpaired) electrons. The number of carbonyl (C=O) groups is 1. The van der Waals surface area contributed by atoms with Crippen LogP contribution in [0.15, 0.2) is 24.3 Å². The van der Waals surface area contributed by atoms with E-state index in [2.05, 4.69) is 11.4 Å². The monoisotopic (exact) mass is 219 g/mol. The highest BCUT2D eigenvalue weighted by molar-refractivity contribution is 5.75. The number of hydrogen-bond acceptors (Lipinski definition) is 3. The van der Waals surface area contributed by atoms with Gasteiger partial charge in [-0.05, 0) is 24.5 Å². The molecule has 1 aromatic carbocycles. The number of nitrogens with one attached hydrogen (secondary N) is 1. The van der Waals surface area contributed by atoms with Gasteiger partial charge in [0.2, 0.25) is 0 Å². The summed E-state index contributed by atoms with van der Waals surface area (Å²) >= 11 is 0. The van der Waals surface area contributed by atoms with E-state index >= 15 is 0 Å². The van der Waals surface area contributed by atoms with Crippen molar-refractivity contribution in [3.05, 3.63) is 29.8 Å². The largest absolute Gasteiger partial charge is 0.465 e. The molecule has 1 unspecified atom stereocenters. The molecule has 1 heterocycles. The number of para-hydroxylation sites is 1. The molecule has 1 atom stereocenters. The molecule has 1 aliphatic rings. The maximum Gasteiger partial charge on any atom is 0.311 e. The zero-order valence-electron chi connectivity index (χ0n) is 9.53. The topological polar surface area (TPSA) is 38.3 Å². The van der Waals surface area contributed by atoms with E-state index in [1.807, 2.05) is 25.1 Å². The van der Waals surface area contributed by atoms with E-state index in [-0.39, 0.29) is 11.9 Å². The molecule has 1 N–H and O–H groups in total. The molecule has 0 aromatic heterocycles. The number of rotatable bonds is 3. The Kier molecular flexibility index (Phi) is 3.44. The van der Waals surface area contributed by atoms with Gasteiger partial charge in [-0.3, -0.25) is 4.79 Å². The standard InChI is InChI=1S/C13H17NO2/c1-2-7-16-13(15)11-8-10-5-3-4-6-12(10)14-9-11/h3-6,11,14H,2,7-9H2,1H3. The third-order valence-electron chi connectivity index (χ3n) is 2.80. The van der Waals surface area contributed by atoms with Crippen molar-refractivity contribution in [2.75, 3.05) is 18.5 Å². The van der Waals surface area contributed by atoms with Gasteiger partial charge in [-0.2, -0.15) is 0 Å². The highest BCUT2D eigenvalue weighted by Gasteiger charge is 2.25. The fourth-order valence-electron chi connectivity index (χ4n) is 1.93. The van der Waals surface area contributed by atoms with E-state index in [9.17, 15) is 4.79 Å². The molecule has 0 spiro atoms. The van der Waals surface area contributed by atoms with Gasteiger partial charge in [-0.1, -0.05) is 25.1 Å². The van der Waals surface area contributed by atoms with Crippen molar-refractivity contribution in [3.8, 4) is 0 Å². The normalized spacial score (nSPS) is 18.4. The number of hydrogen-bond donors (Lipinski definition) is 1. The van der Waals surface area contributed by atoms with Gasteiger partial charge in [-0.25, -0.2) is 0 Å². The van der Waals surface area contributed by atoms with E-state index in [0.29, 0.717) is 13.2 Å². The minimum absolute atomic E-state index is 0.0403. The molecule has 0 bridgehead atoms. The third kappa shape index (κ3) is 2.35. The van der Waals surface area contributed by atoms with Crippen LogP contribution in [-0.4, -0.2) is 19.1 Å². The lowest BCUT2D eigenvalue weighted by Gasteiger charge is -2.24. The average Bonchev–Trinajstić information content (AvgIpc) is 2.35. The maximum atomic E-state index is 11.7. The van der Waals surface area contributed by atoms with Crippen molar-refractivity contribution in [1.29, 1.82) is 0 Å². The first-order valence-corrected chi connectivity index (χ1v) is 5.79. The van der Waals surface area contributed by atoms with Gasteiger partial charge < -0.3 is 10.1 Å². The molecule has 0 aliphatic carbocycles. The van der Waals surface area contributed by atoms with Gasteiger partial charge in [0.25, 0.3) is 0 Å². The first kappa shape index (κ1) is 11.0. The van der Waals surface area contributed by atoms with Crippen LogP contribution in [0.1, 0.15) is 18.9 Å². The Morgan fingerprint density at radius 2 is 2.31 bits per heavy atom. The number of ether oxygens (including phenoxy) is 1. The zero-order chi connectivity index (χ0) is 11.4. The number of benzene rings is 1. The predicted molar refractivity (Wildman–Crippen MR) is 63.4 cm³/mol. The summed E-state index contributed by atoms with van der Waals surface area (Å²) in [6.45, 7) is 3.21. The Bertz CT molecular complexity index is 376. The van der Waals surface area contributed by atoms with Crippen molar-refractivity contribution in [3.63, 3.8) is 0 Å². The summed E-state index contributed by atoms with van der Waals surface area (Å²) in [5.41, 5.74) is 2.34. The second-order valence-electron chi connectivity index (χ2n) is 4.11. The molecular formula is C13H17NO2. The highest BCUT2D eigenvalue weighted by Crippen LogP contribution is 2.24. The molecule has 1 aromatic rings. The van der Waals surface area contributed by atoms with Crippen LogP contribution < -0.4 is 5.32 Å². The fraction of sp³-hybridized carbons (Fsp3) is 0.462. The van der Waals surface area contributed by atoms with E-state index in [1.165, 1.54) is 5.56 Å². The average molecular weight is 219 g/mol. The molecular weight excluding hydrogens is 202 g/mol. The summed E-state index contributed by atoms with van der Waals surface area (Å²) in [5, 5.41) is 3.27. The summed E-state index contributed by atoms with van der Waals surface area (Å²) < 4.78 is 5.17. The molecule has 86 valence electrons. The quantitative estimate of drug-likeness (QED) is 0.792. The Morgan fingerprint density at radius 1 is 1.50 bits per heavy atom. The van der Waals surface area contributed by atoms with Gasteiger partial charge in [-0.15, -0.1) is 0 Å². The molecule has 0 fully saturated rings.